The number of aromatic carboxylic acids is 1. The molecule has 0 saturated heterocycles. The molecular weight excluding hydrogens is 360 g/mol. The van der Waals surface area contributed by atoms with E-state index in [1.165, 1.54) is 18.3 Å². The van der Waals surface area contributed by atoms with Crippen LogP contribution in [-0.4, -0.2) is 30.1 Å². The zero-order valence-electron chi connectivity index (χ0n) is 15.5. The number of carboxylic acids is 1. The third-order valence-corrected chi connectivity index (χ3v) is 4.01. The van der Waals surface area contributed by atoms with E-state index >= 15 is 0 Å². The molecule has 0 aliphatic carbocycles. The standard InChI is InChI=1S/C21H20N2O5/c1-3-27-15-8-9-18-16(11-15)19(17(12-22-18)21(26)28-4-2)23-14-7-5-6-13(10-14)20(24)25/h5-12H,3-4H2,1-2H3,(H,22,23)(H,24,25)/p-1. The average molecular weight is 379 g/mol. The Balaban J connectivity index is 2.16. The SMILES string of the molecule is CCOC(=O)c1cnc2ccc(OCC)cc2c1Nc1cccc(C(=O)[O-])c1. The quantitative estimate of drug-likeness (QED) is 0.630. The molecule has 2 aromatic carbocycles. The average Bonchev–Trinajstić information content (AvgIpc) is 2.69. The van der Waals surface area contributed by atoms with Crippen LogP contribution in [0.15, 0.2) is 48.7 Å². The molecule has 0 aliphatic rings. The molecule has 7 nitrogen and oxygen atoms in total. The van der Waals surface area contributed by atoms with Gasteiger partial charge in [0.05, 0.1) is 30.4 Å². The molecule has 144 valence electrons. The summed E-state index contributed by atoms with van der Waals surface area (Å²) in [4.78, 5) is 27.9. The van der Waals surface area contributed by atoms with E-state index in [9.17, 15) is 14.7 Å². The fourth-order valence-electron chi connectivity index (χ4n) is 2.79. The molecular formula is C21H19N2O5-. The van der Waals surface area contributed by atoms with Crippen LogP contribution in [0, 0.1) is 0 Å². The van der Waals surface area contributed by atoms with Crippen molar-refractivity contribution in [2.45, 2.75) is 13.8 Å². The number of ether oxygens (including phenoxy) is 2. The summed E-state index contributed by atoms with van der Waals surface area (Å²) < 4.78 is 10.7. The number of carbonyl (C=O) groups excluding carboxylic acids is 2. The number of nitrogens with zero attached hydrogens (tertiary/aromatic N) is 1. The number of esters is 1. The molecule has 0 bridgehead atoms. The third kappa shape index (κ3) is 4.03. The van der Waals surface area contributed by atoms with Crippen LogP contribution in [0.3, 0.4) is 0 Å². The van der Waals surface area contributed by atoms with Gasteiger partial charge in [0.15, 0.2) is 0 Å². The first-order valence-electron chi connectivity index (χ1n) is 8.84. The summed E-state index contributed by atoms with van der Waals surface area (Å²) in [5.74, 6) is -1.19. The van der Waals surface area contributed by atoms with Crippen molar-refractivity contribution in [3.63, 3.8) is 0 Å². The summed E-state index contributed by atoms with van der Waals surface area (Å²) in [5.41, 5.74) is 1.86. The van der Waals surface area contributed by atoms with Gasteiger partial charge in [-0.15, -0.1) is 0 Å². The Morgan fingerprint density at radius 2 is 1.93 bits per heavy atom. The van der Waals surface area contributed by atoms with Gasteiger partial charge in [-0.25, -0.2) is 4.79 Å². The van der Waals surface area contributed by atoms with Gasteiger partial charge in [0.2, 0.25) is 0 Å². The van der Waals surface area contributed by atoms with Gasteiger partial charge in [0.25, 0.3) is 0 Å². The van der Waals surface area contributed by atoms with Gasteiger partial charge < -0.3 is 24.7 Å². The first-order valence-corrected chi connectivity index (χ1v) is 8.84. The highest BCUT2D eigenvalue weighted by Crippen LogP contribution is 2.32. The third-order valence-electron chi connectivity index (χ3n) is 4.01. The molecule has 0 aliphatic heterocycles. The zero-order chi connectivity index (χ0) is 20.1. The second-order valence-electron chi connectivity index (χ2n) is 5.87. The van der Waals surface area contributed by atoms with E-state index in [1.807, 2.05) is 6.92 Å². The predicted octanol–water partition coefficient (Wildman–Crippen LogP) is 2.92. The highest BCUT2D eigenvalue weighted by atomic mass is 16.5. The number of pyridine rings is 1. The summed E-state index contributed by atoms with van der Waals surface area (Å²) in [6.45, 7) is 4.31. The lowest BCUT2D eigenvalue weighted by atomic mass is 10.1. The van der Waals surface area contributed by atoms with E-state index in [4.69, 9.17) is 9.47 Å². The molecule has 0 atom stereocenters. The molecule has 1 heterocycles. The maximum atomic E-state index is 12.4. The zero-order valence-corrected chi connectivity index (χ0v) is 15.5. The molecule has 1 N–H and O–H groups in total. The number of carbonyl (C=O) groups is 2. The fourth-order valence-corrected chi connectivity index (χ4v) is 2.79. The maximum absolute atomic E-state index is 12.4. The van der Waals surface area contributed by atoms with Gasteiger partial charge in [-0.1, -0.05) is 12.1 Å². The molecule has 28 heavy (non-hydrogen) atoms. The largest absolute Gasteiger partial charge is 0.545 e. The van der Waals surface area contributed by atoms with Crippen molar-refractivity contribution < 1.29 is 24.2 Å². The predicted molar refractivity (Wildman–Crippen MR) is 103 cm³/mol. The Hall–Kier alpha value is -3.61. The molecule has 3 rings (SSSR count). The smallest absolute Gasteiger partial charge is 0.341 e. The van der Waals surface area contributed by atoms with Crippen LogP contribution in [0.4, 0.5) is 11.4 Å². The van der Waals surface area contributed by atoms with E-state index in [-0.39, 0.29) is 17.7 Å². The number of benzene rings is 2. The topological polar surface area (TPSA) is 101 Å². The molecule has 0 saturated carbocycles. The molecule has 1 aromatic heterocycles. The maximum Gasteiger partial charge on any atom is 0.341 e. The minimum Gasteiger partial charge on any atom is -0.545 e. The van der Waals surface area contributed by atoms with Crippen molar-refractivity contribution in [2.75, 3.05) is 18.5 Å². The molecule has 0 amide bonds. The van der Waals surface area contributed by atoms with Gasteiger partial charge in [-0.2, -0.15) is 0 Å². The van der Waals surface area contributed by atoms with Gasteiger partial charge in [-0.3, -0.25) is 4.98 Å². The molecule has 0 radical (unpaired) electrons. The van der Waals surface area contributed by atoms with Crippen LogP contribution in [-0.2, 0) is 4.74 Å². The minimum atomic E-state index is -1.28. The highest BCUT2D eigenvalue weighted by Gasteiger charge is 2.18. The first-order chi connectivity index (χ1) is 13.5. The lowest BCUT2D eigenvalue weighted by Crippen LogP contribution is -2.22. The summed E-state index contributed by atoms with van der Waals surface area (Å²) >= 11 is 0. The Morgan fingerprint density at radius 1 is 1.11 bits per heavy atom. The number of nitrogens with one attached hydrogen (secondary N) is 1. The Labute approximate surface area is 161 Å². The summed E-state index contributed by atoms with van der Waals surface area (Å²) in [6, 6.07) is 11.5. The van der Waals surface area contributed by atoms with E-state index in [0.717, 1.165) is 0 Å². The number of rotatable bonds is 7. The monoisotopic (exact) mass is 379 g/mol. The van der Waals surface area contributed by atoms with Crippen molar-refractivity contribution >= 4 is 34.2 Å². The lowest BCUT2D eigenvalue weighted by molar-refractivity contribution is -0.255. The number of anilines is 2. The van der Waals surface area contributed by atoms with Crippen LogP contribution in [0.1, 0.15) is 34.6 Å². The number of carboxylic acid groups (broad SMARTS) is 1. The van der Waals surface area contributed by atoms with Gasteiger partial charge >= 0.3 is 5.97 Å². The Kier molecular flexibility index (Phi) is 5.74. The van der Waals surface area contributed by atoms with Crippen molar-refractivity contribution in [1.29, 1.82) is 0 Å². The summed E-state index contributed by atoms with van der Waals surface area (Å²) in [5, 5.41) is 14.9. The molecule has 7 heteroatoms. The van der Waals surface area contributed by atoms with Crippen LogP contribution in [0.25, 0.3) is 10.9 Å². The normalized spacial score (nSPS) is 10.5. The van der Waals surface area contributed by atoms with Crippen LogP contribution in [0.2, 0.25) is 0 Å². The van der Waals surface area contributed by atoms with Crippen molar-refractivity contribution in [3.8, 4) is 5.75 Å². The van der Waals surface area contributed by atoms with Gasteiger partial charge in [0.1, 0.15) is 11.3 Å². The Morgan fingerprint density at radius 3 is 2.64 bits per heavy atom. The minimum absolute atomic E-state index is 0.0241. The molecule has 0 fully saturated rings. The molecule has 3 aromatic rings. The summed E-state index contributed by atoms with van der Waals surface area (Å²) in [6.07, 6.45) is 1.44. The number of hydrogen-bond donors (Lipinski definition) is 1. The second-order valence-corrected chi connectivity index (χ2v) is 5.87. The highest BCUT2D eigenvalue weighted by molar-refractivity contribution is 6.06. The van der Waals surface area contributed by atoms with E-state index in [0.29, 0.717) is 34.6 Å². The van der Waals surface area contributed by atoms with E-state index in [2.05, 4.69) is 10.3 Å². The lowest BCUT2D eigenvalue weighted by Gasteiger charge is -2.16. The molecule has 0 unspecified atom stereocenters. The van der Waals surface area contributed by atoms with E-state index < -0.39 is 11.9 Å². The number of aromatic nitrogens is 1. The van der Waals surface area contributed by atoms with Crippen LogP contribution >= 0.6 is 0 Å². The van der Waals surface area contributed by atoms with E-state index in [1.54, 1.807) is 37.3 Å². The number of hydrogen-bond acceptors (Lipinski definition) is 7. The van der Waals surface area contributed by atoms with Crippen LogP contribution < -0.4 is 15.2 Å². The number of fused-ring (bicyclic) bond motifs is 1. The van der Waals surface area contributed by atoms with Crippen LogP contribution in [0.5, 0.6) is 5.75 Å². The van der Waals surface area contributed by atoms with Crippen molar-refractivity contribution in [3.05, 3.63) is 59.8 Å². The van der Waals surface area contributed by atoms with Crippen molar-refractivity contribution in [1.82, 2.24) is 4.98 Å². The first kappa shape index (κ1) is 19.2. The van der Waals surface area contributed by atoms with Gasteiger partial charge in [0, 0.05) is 17.3 Å². The Bertz CT molecular complexity index is 1030. The fraction of sp³-hybridized carbons (Fsp3) is 0.190. The molecule has 0 spiro atoms. The van der Waals surface area contributed by atoms with Crippen molar-refractivity contribution in [2.24, 2.45) is 0 Å². The second kappa shape index (κ2) is 8.39. The van der Waals surface area contributed by atoms with Gasteiger partial charge in [-0.05, 0) is 49.7 Å². The summed E-state index contributed by atoms with van der Waals surface area (Å²) in [7, 11) is 0.